The molecule has 1 aliphatic carbocycles. The van der Waals surface area contributed by atoms with Crippen molar-refractivity contribution in [1.82, 2.24) is 0 Å². The van der Waals surface area contributed by atoms with Gasteiger partial charge in [-0.15, -0.1) is 0 Å². The Morgan fingerprint density at radius 1 is 1.43 bits per heavy atom. The fraction of sp³-hybridized carbons (Fsp3) is 0.917. The number of hydrogen-bond donors (Lipinski definition) is 0. The maximum atomic E-state index is 9.27. The van der Waals surface area contributed by atoms with Crippen LogP contribution in [0, 0.1) is 22.7 Å². The van der Waals surface area contributed by atoms with Gasteiger partial charge in [0, 0.05) is 0 Å². The second-order valence-electron chi connectivity index (χ2n) is 4.67. The van der Waals surface area contributed by atoms with Crippen molar-refractivity contribution >= 4 is 11.8 Å². The van der Waals surface area contributed by atoms with Crippen LogP contribution < -0.4 is 0 Å². The minimum Gasteiger partial charge on any atom is -0.198 e. The number of nitriles is 1. The Hall–Kier alpha value is -0.160. The van der Waals surface area contributed by atoms with Crippen molar-refractivity contribution in [1.29, 1.82) is 5.26 Å². The Morgan fingerprint density at radius 2 is 2.07 bits per heavy atom. The van der Waals surface area contributed by atoms with E-state index >= 15 is 0 Å². The Balaban J connectivity index is 2.39. The minimum absolute atomic E-state index is 0.0439. The molecule has 2 heteroatoms. The second-order valence-corrected chi connectivity index (χ2v) is 5.66. The Labute approximate surface area is 92.3 Å². The summed E-state index contributed by atoms with van der Waals surface area (Å²) in [5.74, 6) is 2.05. The van der Waals surface area contributed by atoms with Crippen LogP contribution in [-0.2, 0) is 0 Å². The number of hydrogen-bond acceptors (Lipinski definition) is 2. The van der Waals surface area contributed by atoms with Gasteiger partial charge in [-0.1, -0.05) is 6.92 Å². The molecule has 0 N–H and O–H groups in total. The number of nitrogens with zero attached hydrogens (tertiary/aromatic N) is 1. The average molecular weight is 211 g/mol. The van der Waals surface area contributed by atoms with Crippen molar-refractivity contribution in [3.8, 4) is 6.07 Å². The van der Waals surface area contributed by atoms with Crippen molar-refractivity contribution in [2.24, 2.45) is 11.3 Å². The van der Waals surface area contributed by atoms with Gasteiger partial charge in [0.05, 0.1) is 11.5 Å². The van der Waals surface area contributed by atoms with E-state index in [9.17, 15) is 5.26 Å². The number of thioether (sulfide) groups is 1. The van der Waals surface area contributed by atoms with E-state index < -0.39 is 0 Å². The van der Waals surface area contributed by atoms with Crippen molar-refractivity contribution in [3.05, 3.63) is 0 Å². The highest BCUT2D eigenvalue weighted by molar-refractivity contribution is 7.98. The predicted molar refractivity (Wildman–Crippen MR) is 63.3 cm³/mol. The summed E-state index contributed by atoms with van der Waals surface area (Å²) in [6.45, 7) is 2.31. The van der Waals surface area contributed by atoms with E-state index in [0.717, 1.165) is 25.2 Å². The molecular formula is C12H21NS. The van der Waals surface area contributed by atoms with Crippen LogP contribution in [0.3, 0.4) is 0 Å². The smallest absolute Gasteiger partial charge is 0.0689 e. The summed E-state index contributed by atoms with van der Waals surface area (Å²) in [6, 6.07) is 2.59. The summed E-state index contributed by atoms with van der Waals surface area (Å²) in [5, 5.41) is 9.27. The molecule has 1 nitrogen and oxygen atoms in total. The van der Waals surface area contributed by atoms with Crippen LogP contribution >= 0.6 is 11.8 Å². The first-order valence-corrected chi connectivity index (χ1v) is 7.02. The lowest BCUT2D eigenvalue weighted by molar-refractivity contribution is 0.205. The minimum atomic E-state index is 0.0439. The maximum Gasteiger partial charge on any atom is 0.0689 e. The normalized spacial score (nSPS) is 32.5. The summed E-state index contributed by atoms with van der Waals surface area (Å²) >= 11 is 1.89. The zero-order chi connectivity index (χ0) is 10.4. The summed E-state index contributed by atoms with van der Waals surface area (Å²) in [4.78, 5) is 0. The molecule has 0 aliphatic heterocycles. The molecule has 0 atom stereocenters. The van der Waals surface area contributed by atoms with Gasteiger partial charge in [-0.25, -0.2) is 0 Å². The fourth-order valence-electron chi connectivity index (χ4n) is 2.29. The Kier molecular flexibility index (Phi) is 4.81. The lowest BCUT2D eigenvalue weighted by Gasteiger charge is -2.33. The van der Waals surface area contributed by atoms with E-state index in [1.54, 1.807) is 0 Å². The molecule has 1 saturated carbocycles. The van der Waals surface area contributed by atoms with Crippen LogP contribution in [0.4, 0.5) is 0 Å². The summed E-state index contributed by atoms with van der Waals surface area (Å²) < 4.78 is 0. The third kappa shape index (κ3) is 3.20. The molecule has 80 valence electrons. The lowest BCUT2D eigenvalue weighted by atomic mass is 9.69. The monoisotopic (exact) mass is 211 g/mol. The van der Waals surface area contributed by atoms with Gasteiger partial charge >= 0.3 is 0 Å². The lowest BCUT2D eigenvalue weighted by Crippen LogP contribution is -2.25. The van der Waals surface area contributed by atoms with Gasteiger partial charge in [-0.2, -0.15) is 17.0 Å². The molecule has 0 aromatic carbocycles. The number of rotatable bonds is 4. The van der Waals surface area contributed by atoms with Crippen LogP contribution in [0.1, 0.15) is 45.4 Å². The molecule has 0 radical (unpaired) electrons. The maximum absolute atomic E-state index is 9.27. The molecule has 0 aromatic heterocycles. The van der Waals surface area contributed by atoms with Gasteiger partial charge in [-0.05, 0) is 56.5 Å². The van der Waals surface area contributed by atoms with Crippen LogP contribution in [0.25, 0.3) is 0 Å². The highest BCUT2D eigenvalue weighted by atomic mass is 32.2. The molecule has 0 spiro atoms. The van der Waals surface area contributed by atoms with E-state index in [4.69, 9.17) is 0 Å². The zero-order valence-corrected chi connectivity index (χ0v) is 10.2. The predicted octanol–water partition coefficient (Wildman–Crippen LogP) is 3.85. The second kappa shape index (κ2) is 5.66. The van der Waals surface area contributed by atoms with E-state index in [-0.39, 0.29) is 5.41 Å². The van der Waals surface area contributed by atoms with Crippen LogP contribution in [0.2, 0.25) is 0 Å². The molecule has 0 saturated heterocycles. The third-order valence-corrected chi connectivity index (χ3v) is 4.17. The zero-order valence-electron chi connectivity index (χ0n) is 9.38. The molecule has 0 unspecified atom stereocenters. The largest absolute Gasteiger partial charge is 0.198 e. The van der Waals surface area contributed by atoms with E-state index in [1.807, 2.05) is 11.8 Å². The first-order chi connectivity index (χ1) is 6.72. The molecule has 1 fully saturated rings. The third-order valence-electron chi connectivity index (χ3n) is 3.47. The molecule has 0 heterocycles. The van der Waals surface area contributed by atoms with Gasteiger partial charge in [0.2, 0.25) is 0 Å². The standard InChI is InChI=1S/C12H21NS/c1-11-4-7-12(10-13,8-5-11)6-3-9-14-2/h11H,3-9H2,1-2H3. The van der Waals surface area contributed by atoms with Gasteiger partial charge in [-0.3, -0.25) is 0 Å². The van der Waals surface area contributed by atoms with Crippen molar-refractivity contribution in [3.63, 3.8) is 0 Å². The average Bonchev–Trinajstić information content (AvgIpc) is 2.22. The Bertz CT molecular complexity index is 199. The molecule has 0 amide bonds. The quantitative estimate of drug-likeness (QED) is 0.659. The summed E-state index contributed by atoms with van der Waals surface area (Å²) in [7, 11) is 0. The molecule has 1 rings (SSSR count). The van der Waals surface area contributed by atoms with E-state index in [1.165, 1.54) is 25.0 Å². The van der Waals surface area contributed by atoms with Crippen molar-refractivity contribution < 1.29 is 0 Å². The Morgan fingerprint density at radius 3 is 2.57 bits per heavy atom. The SMILES string of the molecule is CSCCCC1(C#N)CCC(C)CC1. The summed E-state index contributed by atoms with van der Waals surface area (Å²) in [6.07, 6.45) is 9.26. The van der Waals surface area contributed by atoms with Crippen LogP contribution in [-0.4, -0.2) is 12.0 Å². The summed E-state index contributed by atoms with van der Waals surface area (Å²) in [5.41, 5.74) is 0.0439. The van der Waals surface area contributed by atoms with Crippen LogP contribution in [0.5, 0.6) is 0 Å². The van der Waals surface area contributed by atoms with Gasteiger partial charge < -0.3 is 0 Å². The highest BCUT2D eigenvalue weighted by Gasteiger charge is 2.33. The van der Waals surface area contributed by atoms with E-state index in [2.05, 4.69) is 19.2 Å². The first kappa shape index (κ1) is 11.9. The topological polar surface area (TPSA) is 23.8 Å². The molecule has 0 bridgehead atoms. The molecule has 1 aliphatic rings. The van der Waals surface area contributed by atoms with Crippen molar-refractivity contribution in [2.45, 2.75) is 45.4 Å². The molecule has 14 heavy (non-hydrogen) atoms. The van der Waals surface area contributed by atoms with E-state index in [0.29, 0.717) is 0 Å². The van der Waals surface area contributed by atoms with Gasteiger partial charge in [0.25, 0.3) is 0 Å². The molecule has 0 aromatic rings. The molecular weight excluding hydrogens is 190 g/mol. The van der Waals surface area contributed by atoms with Crippen molar-refractivity contribution in [2.75, 3.05) is 12.0 Å². The van der Waals surface area contributed by atoms with Gasteiger partial charge in [0.1, 0.15) is 0 Å². The van der Waals surface area contributed by atoms with Gasteiger partial charge in [0.15, 0.2) is 0 Å². The highest BCUT2D eigenvalue weighted by Crippen LogP contribution is 2.41. The fourth-order valence-corrected chi connectivity index (χ4v) is 2.72. The first-order valence-electron chi connectivity index (χ1n) is 5.63. The van der Waals surface area contributed by atoms with Crippen LogP contribution in [0.15, 0.2) is 0 Å².